The smallest absolute Gasteiger partial charge is 0.336 e. The van der Waals surface area contributed by atoms with E-state index in [-0.39, 0.29) is 5.92 Å². The quantitative estimate of drug-likeness (QED) is 0.558. The number of hydrogen-bond acceptors (Lipinski definition) is 1. The number of rotatable bonds is 4. The van der Waals surface area contributed by atoms with Gasteiger partial charge in [0.2, 0.25) is 0 Å². The number of allylic oxidation sites excluding steroid dienone is 1. The fraction of sp³-hybridized carbons (Fsp3) is 0.136. The van der Waals surface area contributed by atoms with Crippen LogP contribution in [-0.2, 0) is 11.3 Å². The van der Waals surface area contributed by atoms with E-state index in [1.54, 1.807) is 0 Å². The van der Waals surface area contributed by atoms with Gasteiger partial charge in [-0.2, -0.15) is 0 Å². The van der Waals surface area contributed by atoms with Gasteiger partial charge < -0.3 is 9.67 Å². The van der Waals surface area contributed by atoms with E-state index in [4.69, 9.17) is 0 Å². The van der Waals surface area contributed by atoms with E-state index in [9.17, 15) is 9.90 Å². The molecule has 0 saturated carbocycles. The fourth-order valence-electron chi connectivity index (χ4n) is 3.79. The van der Waals surface area contributed by atoms with Crippen LogP contribution in [0.15, 0.2) is 79.0 Å². The predicted molar refractivity (Wildman–Crippen MR) is 99.1 cm³/mol. The highest BCUT2D eigenvalue weighted by Gasteiger charge is 2.31. The largest absolute Gasteiger partial charge is 0.478 e. The maximum absolute atomic E-state index is 12.3. The number of aryl methyl sites for hydroxylation is 1. The monoisotopic (exact) mass is 329 g/mol. The molecule has 25 heavy (non-hydrogen) atoms. The Hall–Kier alpha value is -3.07. The van der Waals surface area contributed by atoms with E-state index in [2.05, 4.69) is 16.8 Å². The van der Waals surface area contributed by atoms with Crippen LogP contribution in [-0.4, -0.2) is 15.6 Å². The number of carboxylic acids is 1. The zero-order valence-corrected chi connectivity index (χ0v) is 13.8. The zero-order chi connectivity index (χ0) is 17.2. The summed E-state index contributed by atoms with van der Waals surface area (Å²) in [5, 5.41) is 10.1. The summed E-state index contributed by atoms with van der Waals surface area (Å²) in [4.78, 5) is 12.3. The Kier molecular flexibility index (Phi) is 3.98. The second-order valence-corrected chi connectivity index (χ2v) is 6.29. The van der Waals surface area contributed by atoms with Crippen LogP contribution >= 0.6 is 0 Å². The average molecular weight is 329 g/mol. The molecule has 1 atom stereocenters. The predicted octanol–water partition coefficient (Wildman–Crippen LogP) is 4.67. The van der Waals surface area contributed by atoms with E-state index in [1.807, 2.05) is 66.7 Å². The highest BCUT2D eigenvalue weighted by atomic mass is 16.4. The Morgan fingerprint density at radius 2 is 1.52 bits per heavy atom. The van der Waals surface area contributed by atoms with Crippen LogP contribution < -0.4 is 0 Å². The fourth-order valence-corrected chi connectivity index (χ4v) is 3.79. The Balaban J connectivity index is 1.99. The molecule has 0 radical (unpaired) electrons. The van der Waals surface area contributed by atoms with Crippen molar-refractivity contribution in [3.63, 3.8) is 0 Å². The first kappa shape index (κ1) is 15.5. The summed E-state index contributed by atoms with van der Waals surface area (Å²) in [6.07, 6.45) is 2.99. The zero-order valence-electron chi connectivity index (χ0n) is 13.8. The van der Waals surface area contributed by atoms with Crippen LogP contribution in [0.4, 0.5) is 0 Å². The summed E-state index contributed by atoms with van der Waals surface area (Å²) in [7, 11) is 0. The lowest BCUT2D eigenvalue weighted by Crippen LogP contribution is -2.08. The summed E-state index contributed by atoms with van der Waals surface area (Å²) in [6, 6.07) is 23.5. The summed E-state index contributed by atoms with van der Waals surface area (Å²) < 4.78 is 2.22. The minimum Gasteiger partial charge on any atom is -0.478 e. The molecule has 2 aromatic carbocycles. The van der Waals surface area contributed by atoms with Crippen molar-refractivity contribution >= 4 is 17.1 Å². The molecule has 3 nitrogen and oxygen atoms in total. The number of carbonyl (C=O) groups is 1. The van der Waals surface area contributed by atoms with Crippen molar-refractivity contribution in [2.75, 3.05) is 0 Å². The van der Waals surface area contributed by atoms with Gasteiger partial charge in [-0.05, 0) is 35.3 Å². The number of nitrogens with zero attached hydrogens (tertiary/aromatic N) is 1. The molecule has 0 amide bonds. The number of hydrogen-bond donors (Lipinski definition) is 1. The highest BCUT2D eigenvalue weighted by Crippen LogP contribution is 2.43. The molecule has 1 aliphatic heterocycles. The topological polar surface area (TPSA) is 42.2 Å². The van der Waals surface area contributed by atoms with Crippen molar-refractivity contribution < 1.29 is 9.90 Å². The lowest BCUT2D eigenvalue weighted by molar-refractivity contribution is -0.130. The van der Waals surface area contributed by atoms with Crippen LogP contribution in [0.1, 0.15) is 29.2 Å². The van der Waals surface area contributed by atoms with Crippen molar-refractivity contribution in [1.82, 2.24) is 4.57 Å². The molecule has 124 valence electrons. The highest BCUT2D eigenvalue weighted by molar-refractivity contribution is 6.24. The molecular formula is C22H19NO2. The van der Waals surface area contributed by atoms with E-state index < -0.39 is 5.97 Å². The normalized spacial score (nSPS) is 17.0. The Morgan fingerprint density at radius 1 is 0.880 bits per heavy atom. The Morgan fingerprint density at radius 3 is 2.16 bits per heavy atom. The minimum atomic E-state index is -0.880. The lowest BCUT2D eigenvalue weighted by atomic mass is 9.83. The molecule has 1 aromatic heterocycles. The van der Waals surface area contributed by atoms with Gasteiger partial charge in [-0.15, -0.1) is 0 Å². The van der Waals surface area contributed by atoms with Gasteiger partial charge >= 0.3 is 5.97 Å². The first-order chi connectivity index (χ1) is 12.3. The molecule has 0 aliphatic carbocycles. The molecule has 1 aliphatic rings. The molecule has 1 unspecified atom stereocenters. The Bertz CT molecular complexity index is 923. The molecule has 4 rings (SSSR count). The molecule has 0 fully saturated rings. The summed E-state index contributed by atoms with van der Waals surface area (Å²) in [6.45, 7) is 0.922. The van der Waals surface area contributed by atoms with Crippen molar-refractivity contribution in [3.05, 3.63) is 95.8 Å². The van der Waals surface area contributed by atoms with E-state index in [1.165, 1.54) is 5.69 Å². The summed E-state index contributed by atoms with van der Waals surface area (Å²) >= 11 is 0. The standard InChI is InChI=1S/C22H19NO2/c24-22(25)21(17-10-5-2-6-11-17)20(16-8-3-1-4-9-16)18-13-15-23-14-7-12-19(18)23/h1-12,14,18H,13,15H2,(H,24,25). The number of aliphatic carboxylic acids is 1. The number of benzene rings is 2. The van der Waals surface area contributed by atoms with Gasteiger partial charge in [-0.1, -0.05) is 60.7 Å². The second-order valence-electron chi connectivity index (χ2n) is 6.29. The lowest BCUT2D eigenvalue weighted by Gasteiger charge is -2.19. The van der Waals surface area contributed by atoms with Crippen LogP contribution in [0.5, 0.6) is 0 Å². The maximum Gasteiger partial charge on any atom is 0.336 e. The molecule has 0 spiro atoms. The number of carboxylic acid groups (broad SMARTS) is 1. The third-order valence-electron chi connectivity index (χ3n) is 4.86. The molecule has 1 N–H and O–H groups in total. The molecular weight excluding hydrogens is 310 g/mol. The van der Waals surface area contributed by atoms with E-state index in [0.717, 1.165) is 29.7 Å². The number of aromatic nitrogens is 1. The maximum atomic E-state index is 12.3. The van der Waals surface area contributed by atoms with Gasteiger partial charge in [0.15, 0.2) is 0 Å². The van der Waals surface area contributed by atoms with Gasteiger partial charge in [0.05, 0.1) is 5.57 Å². The first-order valence-corrected chi connectivity index (χ1v) is 8.49. The van der Waals surface area contributed by atoms with Crippen molar-refractivity contribution in [1.29, 1.82) is 0 Å². The van der Waals surface area contributed by atoms with Gasteiger partial charge in [-0.25, -0.2) is 4.79 Å². The molecule has 3 heteroatoms. The van der Waals surface area contributed by atoms with Crippen LogP contribution in [0.3, 0.4) is 0 Å². The summed E-state index contributed by atoms with van der Waals surface area (Å²) in [5.74, 6) is -0.793. The third kappa shape index (κ3) is 2.78. The summed E-state index contributed by atoms with van der Waals surface area (Å²) in [5.41, 5.74) is 4.21. The first-order valence-electron chi connectivity index (χ1n) is 8.49. The van der Waals surface area contributed by atoms with Crippen LogP contribution in [0, 0.1) is 0 Å². The van der Waals surface area contributed by atoms with Crippen molar-refractivity contribution in [2.24, 2.45) is 0 Å². The van der Waals surface area contributed by atoms with E-state index in [0.29, 0.717) is 5.57 Å². The molecule has 3 aromatic rings. The molecule has 2 heterocycles. The van der Waals surface area contributed by atoms with Crippen LogP contribution in [0.2, 0.25) is 0 Å². The van der Waals surface area contributed by atoms with Crippen LogP contribution in [0.25, 0.3) is 11.1 Å². The van der Waals surface area contributed by atoms with Gasteiger partial charge in [-0.3, -0.25) is 0 Å². The van der Waals surface area contributed by atoms with Gasteiger partial charge in [0.25, 0.3) is 0 Å². The Labute approximate surface area is 146 Å². The van der Waals surface area contributed by atoms with E-state index >= 15 is 0 Å². The average Bonchev–Trinajstić information content (AvgIpc) is 3.25. The SMILES string of the molecule is O=C(O)C(=C(c1ccccc1)C1CCn2cccc21)c1ccccc1. The second kappa shape index (κ2) is 6.44. The molecule has 0 bridgehead atoms. The van der Waals surface area contributed by atoms with Gasteiger partial charge in [0, 0.05) is 24.4 Å². The third-order valence-corrected chi connectivity index (χ3v) is 4.86. The van der Waals surface area contributed by atoms with Crippen molar-refractivity contribution in [2.45, 2.75) is 18.9 Å². The molecule has 0 saturated heterocycles. The van der Waals surface area contributed by atoms with Gasteiger partial charge in [0.1, 0.15) is 0 Å². The van der Waals surface area contributed by atoms with Crippen molar-refractivity contribution in [3.8, 4) is 0 Å². The minimum absolute atomic E-state index is 0.0868. The number of fused-ring (bicyclic) bond motifs is 1.